The number of hydrogen-bond acceptors (Lipinski definition) is 3. The molecule has 2 N–H and O–H groups in total. The number of likely N-dealkylation sites (tertiary alicyclic amines) is 1. The number of nitrogens with zero attached hydrogens (tertiary/aromatic N) is 2. The van der Waals surface area contributed by atoms with E-state index in [9.17, 15) is 0 Å². The second-order valence-electron chi connectivity index (χ2n) is 6.55. The van der Waals surface area contributed by atoms with Crippen molar-refractivity contribution in [1.82, 2.24) is 15.5 Å². The molecule has 2 rings (SSSR count). The van der Waals surface area contributed by atoms with Gasteiger partial charge in [-0.2, -0.15) is 0 Å². The van der Waals surface area contributed by atoms with E-state index in [4.69, 9.17) is 9.73 Å². The van der Waals surface area contributed by atoms with Crippen molar-refractivity contribution in [3.63, 3.8) is 0 Å². The molecule has 1 heterocycles. The fourth-order valence-electron chi connectivity index (χ4n) is 3.27. The maximum atomic E-state index is 5.20. The van der Waals surface area contributed by atoms with Crippen LogP contribution in [0.25, 0.3) is 0 Å². The summed E-state index contributed by atoms with van der Waals surface area (Å²) < 4.78 is 5.20. The van der Waals surface area contributed by atoms with Crippen LogP contribution in [0.4, 0.5) is 0 Å². The molecule has 0 aliphatic carbocycles. The van der Waals surface area contributed by atoms with Gasteiger partial charge in [0.2, 0.25) is 0 Å². The lowest BCUT2D eigenvalue weighted by Gasteiger charge is -2.25. The molecule has 1 fully saturated rings. The van der Waals surface area contributed by atoms with Crippen LogP contribution in [0.15, 0.2) is 29.3 Å². The van der Waals surface area contributed by atoms with E-state index in [1.54, 1.807) is 7.11 Å². The highest BCUT2D eigenvalue weighted by atomic mass is 16.5. The van der Waals surface area contributed by atoms with Crippen molar-refractivity contribution >= 4 is 5.96 Å². The number of hydrogen-bond donors (Lipinski definition) is 2. The summed E-state index contributed by atoms with van der Waals surface area (Å²) in [7, 11) is 1.70. The summed E-state index contributed by atoms with van der Waals surface area (Å²) in [6.07, 6.45) is 4.80. The van der Waals surface area contributed by atoms with Crippen molar-refractivity contribution in [3.8, 4) is 5.75 Å². The molecule has 0 radical (unpaired) electrons. The molecule has 5 heteroatoms. The monoisotopic (exact) mass is 346 g/mol. The first-order valence-corrected chi connectivity index (χ1v) is 9.66. The van der Waals surface area contributed by atoms with Gasteiger partial charge in [0.25, 0.3) is 0 Å². The van der Waals surface area contributed by atoms with Gasteiger partial charge < -0.3 is 15.4 Å². The Morgan fingerprint density at radius 3 is 2.48 bits per heavy atom. The predicted molar refractivity (Wildman–Crippen MR) is 106 cm³/mol. The van der Waals surface area contributed by atoms with Crippen LogP contribution in [-0.2, 0) is 6.42 Å². The van der Waals surface area contributed by atoms with E-state index in [1.165, 1.54) is 31.5 Å². The lowest BCUT2D eigenvalue weighted by molar-refractivity contribution is 0.242. The number of aliphatic imine (C=N–C) groups is 1. The van der Waals surface area contributed by atoms with E-state index >= 15 is 0 Å². The van der Waals surface area contributed by atoms with E-state index in [0.717, 1.165) is 44.2 Å². The Hall–Kier alpha value is -1.75. The number of rotatable bonds is 9. The van der Waals surface area contributed by atoms with Gasteiger partial charge in [0.15, 0.2) is 5.96 Å². The van der Waals surface area contributed by atoms with Gasteiger partial charge >= 0.3 is 0 Å². The minimum atomic E-state index is 0.569. The van der Waals surface area contributed by atoms with Crippen LogP contribution in [-0.4, -0.2) is 56.7 Å². The summed E-state index contributed by atoms with van der Waals surface area (Å²) in [5, 5.41) is 6.81. The summed E-state index contributed by atoms with van der Waals surface area (Å²) in [5.41, 5.74) is 1.30. The van der Waals surface area contributed by atoms with Gasteiger partial charge in [0, 0.05) is 19.1 Å². The van der Waals surface area contributed by atoms with Gasteiger partial charge in [-0.15, -0.1) is 0 Å². The maximum absolute atomic E-state index is 5.20. The van der Waals surface area contributed by atoms with E-state index in [-0.39, 0.29) is 0 Å². The zero-order chi connectivity index (χ0) is 17.9. The molecule has 1 saturated heterocycles. The Labute approximate surface area is 152 Å². The molecular formula is C20H34N4O. The average Bonchev–Trinajstić information content (AvgIpc) is 3.17. The van der Waals surface area contributed by atoms with Crippen molar-refractivity contribution in [2.24, 2.45) is 4.99 Å². The van der Waals surface area contributed by atoms with Crippen LogP contribution in [0.3, 0.4) is 0 Å². The highest BCUT2D eigenvalue weighted by Gasteiger charge is 2.19. The van der Waals surface area contributed by atoms with E-state index in [2.05, 4.69) is 41.5 Å². The number of methoxy groups -OCH3 is 1. The summed E-state index contributed by atoms with van der Waals surface area (Å²) in [4.78, 5) is 7.41. The van der Waals surface area contributed by atoms with Gasteiger partial charge in [0.05, 0.1) is 13.7 Å². The highest BCUT2D eigenvalue weighted by molar-refractivity contribution is 5.79. The molecule has 1 aliphatic heterocycles. The lowest BCUT2D eigenvalue weighted by atomic mass is 10.1. The second kappa shape index (κ2) is 11.0. The van der Waals surface area contributed by atoms with E-state index in [0.29, 0.717) is 6.04 Å². The Morgan fingerprint density at radius 2 is 1.88 bits per heavy atom. The average molecular weight is 347 g/mol. The van der Waals surface area contributed by atoms with Crippen molar-refractivity contribution in [3.05, 3.63) is 29.8 Å². The lowest BCUT2D eigenvalue weighted by Crippen LogP contribution is -2.40. The first-order chi connectivity index (χ1) is 12.3. The second-order valence-corrected chi connectivity index (χ2v) is 6.55. The van der Waals surface area contributed by atoms with Crippen LogP contribution in [0.1, 0.15) is 38.7 Å². The minimum Gasteiger partial charge on any atom is -0.497 e. The third kappa shape index (κ3) is 6.58. The molecule has 0 aromatic heterocycles. The molecule has 1 aliphatic rings. The molecule has 0 saturated carbocycles. The van der Waals surface area contributed by atoms with Crippen molar-refractivity contribution < 1.29 is 4.74 Å². The molecule has 1 aromatic rings. The first kappa shape index (κ1) is 19.6. The van der Waals surface area contributed by atoms with Crippen LogP contribution in [0.2, 0.25) is 0 Å². The maximum Gasteiger partial charge on any atom is 0.191 e. The Kier molecular flexibility index (Phi) is 8.60. The number of guanidine groups is 1. The molecule has 5 nitrogen and oxygen atoms in total. The zero-order valence-electron chi connectivity index (χ0n) is 16.1. The third-order valence-electron chi connectivity index (χ3n) is 4.80. The fourth-order valence-corrected chi connectivity index (χ4v) is 3.27. The van der Waals surface area contributed by atoms with Crippen LogP contribution in [0.5, 0.6) is 5.75 Å². The quantitative estimate of drug-likeness (QED) is 0.533. The molecule has 1 unspecified atom stereocenters. The molecule has 140 valence electrons. The smallest absolute Gasteiger partial charge is 0.191 e. The summed E-state index contributed by atoms with van der Waals surface area (Å²) in [6.45, 7) is 9.47. The van der Waals surface area contributed by atoms with E-state index < -0.39 is 0 Å². The molecule has 1 aromatic carbocycles. The Morgan fingerprint density at radius 1 is 1.16 bits per heavy atom. The van der Waals surface area contributed by atoms with Crippen molar-refractivity contribution in [2.75, 3.05) is 39.8 Å². The zero-order valence-corrected chi connectivity index (χ0v) is 16.1. The van der Waals surface area contributed by atoms with Crippen molar-refractivity contribution in [1.29, 1.82) is 0 Å². The van der Waals surface area contributed by atoms with Gasteiger partial charge in [-0.05, 0) is 63.4 Å². The number of ether oxygens (including phenoxy) is 1. The molecule has 1 atom stereocenters. The molecule has 0 spiro atoms. The van der Waals surface area contributed by atoms with Crippen LogP contribution in [0, 0.1) is 0 Å². The van der Waals surface area contributed by atoms with Gasteiger partial charge in [-0.1, -0.05) is 19.1 Å². The highest BCUT2D eigenvalue weighted by Crippen LogP contribution is 2.14. The van der Waals surface area contributed by atoms with Gasteiger partial charge in [0.1, 0.15) is 5.75 Å². The SMILES string of the molecule is CCNC(=NCC(CC)N1CCCC1)NCCc1ccc(OC)cc1. The summed E-state index contributed by atoms with van der Waals surface area (Å²) >= 11 is 0. The predicted octanol–water partition coefficient (Wildman–Crippen LogP) is 2.67. The summed E-state index contributed by atoms with van der Waals surface area (Å²) in [6, 6.07) is 8.82. The molecular weight excluding hydrogens is 312 g/mol. The minimum absolute atomic E-state index is 0.569. The Bertz CT molecular complexity index is 509. The van der Waals surface area contributed by atoms with Crippen LogP contribution < -0.4 is 15.4 Å². The number of nitrogens with one attached hydrogen (secondary N) is 2. The fraction of sp³-hybridized carbons (Fsp3) is 0.650. The van der Waals surface area contributed by atoms with Crippen molar-refractivity contribution in [2.45, 2.75) is 45.6 Å². The van der Waals surface area contributed by atoms with E-state index in [1.807, 2.05) is 12.1 Å². The van der Waals surface area contributed by atoms with Gasteiger partial charge in [-0.3, -0.25) is 9.89 Å². The third-order valence-corrected chi connectivity index (χ3v) is 4.80. The molecule has 0 bridgehead atoms. The van der Waals surface area contributed by atoms with Crippen LogP contribution >= 0.6 is 0 Å². The topological polar surface area (TPSA) is 48.9 Å². The standard InChI is InChI=1S/C20H34N4O/c1-4-18(24-14-6-7-15-24)16-23-20(21-5-2)22-13-12-17-8-10-19(25-3)11-9-17/h8-11,18H,4-7,12-16H2,1-3H3,(H2,21,22,23). The molecule has 0 amide bonds. The normalized spacial score (nSPS) is 16.7. The van der Waals surface area contributed by atoms with Gasteiger partial charge in [-0.25, -0.2) is 0 Å². The largest absolute Gasteiger partial charge is 0.497 e. The number of benzene rings is 1. The summed E-state index contributed by atoms with van der Waals surface area (Å²) in [5.74, 6) is 1.83. The molecule has 25 heavy (non-hydrogen) atoms. The first-order valence-electron chi connectivity index (χ1n) is 9.66. The Balaban J connectivity index is 1.81.